The van der Waals surface area contributed by atoms with Gasteiger partial charge in [0, 0.05) is 30.0 Å². The number of carboxylic acids is 1. The second kappa shape index (κ2) is 15.6. The van der Waals surface area contributed by atoms with E-state index in [-0.39, 0.29) is 42.6 Å². The van der Waals surface area contributed by atoms with Crippen molar-refractivity contribution in [3.63, 3.8) is 0 Å². The first kappa shape index (κ1) is 34.8. The fourth-order valence-electron chi connectivity index (χ4n) is 5.54. The van der Waals surface area contributed by atoms with Gasteiger partial charge in [-0.15, -0.1) is 0 Å². The Morgan fingerprint density at radius 1 is 0.796 bits per heavy atom. The van der Waals surface area contributed by atoms with Crippen LogP contribution in [0.25, 0.3) is 0 Å². The maximum Gasteiger partial charge on any atom is 0.326 e. The number of carboxylic acid groups (broad SMARTS) is 1. The number of benzene rings is 4. The third-order valence-electron chi connectivity index (χ3n) is 8.12. The lowest BCUT2D eigenvalue weighted by molar-refractivity contribution is -0.142. The molecule has 4 amide bonds. The average Bonchev–Trinajstić information content (AvgIpc) is 3.59. The largest absolute Gasteiger partial charge is 0.480 e. The molecule has 0 aliphatic carbocycles. The Hall–Kier alpha value is -5.53. The molecule has 1 fully saturated rings. The van der Waals surface area contributed by atoms with E-state index < -0.39 is 34.0 Å². The van der Waals surface area contributed by atoms with Crippen LogP contribution in [0.5, 0.6) is 0 Å². The molecule has 0 aromatic heterocycles. The zero-order valence-electron chi connectivity index (χ0n) is 26.8. The summed E-state index contributed by atoms with van der Waals surface area (Å²) in [5, 5.41) is 20.7. The van der Waals surface area contributed by atoms with E-state index in [1.807, 2.05) is 31.2 Å². The van der Waals surface area contributed by atoms with Crippen LogP contribution in [-0.4, -0.2) is 60.3 Å². The summed E-state index contributed by atoms with van der Waals surface area (Å²) in [7, 11) is -3.93. The normalized spacial score (nSPS) is 15.2. The zero-order valence-corrected chi connectivity index (χ0v) is 27.6. The van der Waals surface area contributed by atoms with Crippen molar-refractivity contribution in [3.8, 4) is 0 Å². The van der Waals surface area contributed by atoms with Gasteiger partial charge in [0.2, 0.25) is 21.8 Å². The van der Waals surface area contributed by atoms with E-state index >= 15 is 0 Å². The third kappa shape index (κ3) is 9.09. The molecule has 0 radical (unpaired) electrons. The Kier molecular flexibility index (Phi) is 11.1. The van der Waals surface area contributed by atoms with Crippen LogP contribution in [0.2, 0.25) is 0 Å². The number of urea groups is 1. The molecule has 4 aromatic rings. The Labute approximate surface area is 284 Å². The number of aliphatic carboxylic acids is 1. The minimum Gasteiger partial charge on any atom is -0.480 e. The van der Waals surface area contributed by atoms with Gasteiger partial charge in [0.05, 0.1) is 11.3 Å². The van der Waals surface area contributed by atoms with Gasteiger partial charge in [0.15, 0.2) is 0 Å². The lowest BCUT2D eigenvalue weighted by atomic mass is 10.0. The molecule has 0 spiro atoms. The Balaban J connectivity index is 1.12. The van der Waals surface area contributed by atoms with Crippen LogP contribution in [0.3, 0.4) is 0 Å². The molecular formula is C36H37N5O7S. The highest BCUT2D eigenvalue weighted by Crippen LogP contribution is 2.26. The van der Waals surface area contributed by atoms with Gasteiger partial charge in [-0.25, -0.2) is 18.0 Å². The number of para-hydroxylation sites is 1. The van der Waals surface area contributed by atoms with Crippen molar-refractivity contribution in [2.24, 2.45) is 0 Å². The van der Waals surface area contributed by atoms with Crippen LogP contribution in [0.4, 0.5) is 21.9 Å². The molecule has 0 unspecified atom stereocenters. The number of anilines is 3. The SMILES string of the molecule is Cc1ccccc1NC(=O)Nc1ccc(CC(=O)Nc2ccc(C[C@H](NC(=O)[C@@H]3CCCN3S(=O)(=O)c3ccccc3)C(=O)O)cc2)cc1. The van der Waals surface area contributed by atoms with Gasteiger partial charge < -0.3 is 26.4 Å². The minimum atomic E-state index is -3.93. The quantitative estimate of drug-likeness (QED) is 0.143. The topological polar surface area (TPSA) is 174 Å². The number of hydrogen-bond acceptors (Lipinski definition) is 6. The number of hydrogen-bond donors (Lipinski definition) is 5. The molecule has 5 rings (SSSR count). The van der Waals surface area contributed by atoms with Crippen molar-refractivity contribution in [1.29, 1.82) is 0 Å². The highest BCUT2D eigenvalue weighted by atomic mass is 32.2. The summed E-state index contributed by atoms with van der Waals surface area (Å²) in [5.74, 6) is -2.19. The van der Waals surface area contributed by atoms with E-state index in [0.29, 0.717) is 29.0 Å². The molecule has 5 N–H and O–H groups in total. The van der Waals surface area contributed by atoms with Crippen LogP contribution in [0.15, 0.2) is 108 Å². The maximum absolute atomic E-state index is 13.2. The van der Waals surface area contributed by atoms with Gasteiger partial charge in [-0.05, 0) is 78.9 Å². The molecule has 1 heterocycles. The summed E-state index contributed by atoms with van der Waals surface area (Å²) in [6.07, 6.45) is 0.802. The summed E-state index contributed by atoms with van der Waals surface area (Å²) >= 11 is 0. The van der Waals surface area contributed by atoms with Gasteiger partial charge in [0.1, 0.15) is 12.1 Å². The van der Waals surface area contributed by atoms with Gasteiger partial charge in [-0.3, -0.25) is 9.59 Å². The maximum atomic E-state index is 13.2. The first-order valence-corrected chi connectivity index (χ1v) is 17.1. The Morgan fingerprint density at radius 3 is 2.06 bits per heavy atom. The highest BCUT2D eigenvalue weighted by molar-refractivity contribution is 7.89. The number of nitrogens with one attached hydrogen (secondary N) is 4. The van der Waals surface area contributed by atoms with Crippen molar-refractivity contribution >= 4 is 50.9 Å². The lowest BCUT2D eigenvalue weighted by Gasteiger charge is -2.25. The van der Waals surface area contributed by atoms with Crippen molar-refractivity contribution in [3.05, 3.63) is 120 Å². The Morgan fingerprint density at radius 2 is 1.41 bits per heavy atom. The Bertz CT molecular complexity index is 1920. The number of carbonyl (C=O) groups is 4. The van der Waals surface area contributed by atoms with E-state index in [2.05, 4.69) is 21.3 Å². The first-order chi connectivity index (χ1) is 23.5. The summed E-state index contributed by atoms with van der Waals surface area (Å²) in [6, 6.07) is 26.1. The van der Waals surface area contributed by atoms with E-state index in [4.69, 9.17) is 0 Å². The third-order valence-corrected chi connectivity index (χ3v) is 10.0. The molecule has 1 aliphatic rings. The summed E-state index contributed by atoms with van der Waals surface area (Å²) in [5.41, 5.74) is 4.05. The van der Waals surface area contributed by atoms with Gasteiger partial charge in [-0.2, -0.15) is 4.31 Å². The van der Waals surface area contributed by atoms with Crippen molar-refractivity contribution in [1.82, 2.24) is 9.62 Å². The predicted octanol–water partition coefficient (Wildman–Crippen LogP) is 4.79. The number of nitrogens with zero attached hydrogens (tertiary/aromatic N) is 1. The fourth-order valence-corrected chi connectivity index (χ4v) is 7.22. The highest BCUT2D eigenvalue weighted by Gasteiger charge is 2.40. The van der Waals surface area contributed by atoms with E-state index in [1.165, 1.54) is 12.1 Å². The molecule has 4 aromatic carbocycles. The van der Waals surface area contributed by atoms with Crippen LogP contribution in [0, 0.1) is 6.92 Å². The molecule has 1 saturated heterocycles. The smallest absolute Gasteiger partial charge is 0.326 e. The van der Waals surface area contributed by atoms with Gasteiger partial charge in [0.25, 0.3) is 0 Å². The number of rotatable bonds is 12. The molecule has 13 heteroatoms. The van der Waals surface area contributed by atoms with Crippen LogP contribution >= 0.6 is 0 Å². The molecule has 1 aliphatic heterocycles. The van der Waals surface area contributed by atoms with Crippen LogP contribution in [-0.2, 0) is 37.2 Å². The van der Waals surface area contributed by atoms with Crippen molar-refractivity contribution in [2.75, 3.05) is 22.5 Å². The van der Waals surface area contributed by atoms with Gasteiger partial charge in [-0.1, -0.05) is 60.7 Å². The average molecular weight is 684 g/mol. The number of amides is 4. The molecule has 2 atom stereocenters. The molecule has 0 saturated carbocycles. The van der Waals surface area contributed by atoms with Crippen LogP contribution < -0.4 is 21.3 Å². The predicted molar refractivity (Wildman–Crippen MR) is 186 cm³/mol. The summed E-state index contributed by atoms with van der Waals surface area (Å²) in [6.45, 7) is 2.06. The second-order valence-corrected chi connectivity index (χ2v) is 13.6. The van der Waals surface area contributed by atoms with Crippen molar-refractivity contribution in [2.45, 2.75) is 49.6 Å². The van der Waals surface area contributed by atoms with Crippen molar-refractivity contribution < 1.29 is 32.7 Å². The zero-order chi connectivity index (χ0) is 35.0. The lowest BCUT2D eigenvalue weighted by Crippen LogP contribution is -2.51. The monoisotopic (exact) mass is 683 g/mol. The summed E-state index contributed by atoms with van der Waals surface area (Å²) < 4.78 is 27.5. The number of sulfonamides is 1. The van der Waals surface area contributed by atoms with Gasteiger partial charge >= 0.3 is 12.0 Å². The standard InChI is InChI=1S/C36H37N5O7S/c1-24-8-5-6-11-30(24)40-36(46)38-28-19-15-26(16-20-28)23-33(42)37-27-17-13-25(14-18-27)22-31(35(44)45)39-34(43)32-12-7-21-41(32)49(47,48)29-9-3-2-4-10-29/h2-6,8-11,13-20,31-32H,7,12,21-23H2,1H3,(H,37,42)(H,39,43)(H,44,45)(H2,38,40,46)/t31-,32-/m0/s1. The number of aryl methyl sites for hydroxylation is 1. The molecule has 0 bridgehead atoms. The minimum absolute atomic E-state index is 0.0448. The second-order valence-electron chi connectivity index (χ2n) is 11.7. The van der Waals surface area contributed by atoms with E-state index in [1.54, 1.807) is 66.7 Å². The number of carbonyl (C=O) groups excluding carboxylic acids is 3. The van der Waals surface area contributed by atoms with E-state index in [0.717, 1.165) is 15.4 Å². The summed E-state index contributed by atoms with van der Waals surface area (Å²) in [4.78, 5) is 50.4. The van der Waals surface area contributed by atoms with E-state index in [9.17, 15) is 32.7 Å². The molecule has 49 heavy (non-hydrogen) atoms. The molecule has 254 valence electrons. The van der Waals surface area contributed by atoms with Crippen LogP contribution in [0.1, 0.15) is 29.5 Å². The molecule has 12 nitrogen and oxygen atoms in total. The fraction of sp³-hybridized carbons (Fsp3) is 0.222. The molecular weight excluding hydrogens is 646 g/mol. The first-order valence-electron chi connectivity index (χ1n) is 15.7.